The Morgan fingerprint density at radius 1 is 1.14 bits per heavy atom. The summed E-state index contributed by atoms with van der Waals surface area (Å²) in [6, 6.07) is 11.7. The highest BCUT2D eigenvalue weighted by Crippen LogP contribution is 2.23. The lowest BCUT2D eigenvalue weighted by Gasteiger charge is -2.17. The number of rotatable bonds is 8. The van der Waals surface area contributed by atoms with E-state index in [0.717, 1.165) is 4.31 Å². The second-order valence-corrected chi connectivity index (χ2v) is 7.97. The predicted molar refractivity (Wildman–Crippen MR) is 106 cm³/mol. The molecule has 2 rings (SSSR count). The van der Waals surface area contributed by atoms with Crippen LogP contribution in [-0.2, 0) is 14.8 Å². The highest BCUT2D eigenvalue weighted by molar-refractivity contribution is 7.89. The van der Waals surface area contributed by atoms with Crippen LogP contribution in [0.4, 0.5) is 0 Å². The van der Waals surface area contributed by atoms with Gasteiger partial charge in [0, 0.05) is 12.6 Å². The number of sulfonamides is 1. The maximum atomic E-state index is 12.6. The molecule has 0 aliphatic heterocycles. The van der Waals surface area contributed by atoms with E-state index in [2.05, 4.69) is 10.5 Å². The molecule has 2 aromatic carbocycles. The summed E-state index contributed by atoms with van der Waals surface area (Å²) in [5.74, 6) is 0.627. The molecule has 0 saturated carbocycles. The molecule has 28 heavy (non-hydrogen) atoms. The zero-order chi connectivity index (χ0) is 20.7. The van der Waals surface area contributed by atoms with Gasteiger partial charge in [0.2, 0.25) is 10.0 Å². The second-order valence-electron chi connectivity index (χ2n) is 5.93. The average molecular weight is 405 g/mol. The molecule has 0 aliphatic carbocycles. The molecule has 0 bridgehead atoms. The van der Waals surface area contributed by atoms with Crippen molar-refractivity contribution in [3.8, 4) is 11.5 Å². The molecule has 0 aromatic heterocycles. The van der Waals surface area contributed by atoms with Gasteiger partial charge in [-0.3, -0.25) is 4.79 Å². The number of hydrazone groups is 1. The summed E-state index contributed by atoms with van der Waals surface area (Å²) in [5, 5.41) is 3.85. The van der Waals surface area contributed by atoms with Gasteiger partial charge in [-0.25, -0.2) is 13.8 Å². The number of benzene rings is 2. The summed E-state index contributed by atoms with van der Waals surface area (Å²) in [7, 11) is 0.554. The van der Waals surface area contributed by atoms with Crippen molar-refractivity contribution in [1.29, 1.82) is 0 Å². The molecule has 1 N–H and O–H groups in total. The molecular weight excluding hydrogens is 382 g/mol. The van der Waals surface area contributed by atoms with E-state index < -0.39 is 15.9 Å². The number of methoxy groups -OCH3 is 2. The molecule has 0 radical (unpaired) electrons. The Kier molecular flexibility index (Phi) is 7.13. The first-order valence-electron chi connectivity index (χ1n) is 8.35. The van der Waals surface area contributed by atoms with Crippen LogP contribution in [0.2, 0.25) is 0 Å². The van der Waals surface area contributed by atoms with Crippen molar-refractivity contribution in [3.05, 3.63) is 53.6 Å². The number of nitrogens with zero attached hydrogens (tertiary/aromatic N) is 2. The number of hydrogen-bond donors (Lipinski definition) is 1. The Hall–Kier alpha value is -2.91. The van der Waals surface area contributed by atoms with E-state index in [4.69, 9.17) is 9.47 Å². The largest absolute Gasteiger partial charge is 0.496 e. The number of likely N-dealkylation sites (N-methyl/N-ethyl adjacent to an activating group) is 1. The van der Waals surface area contributed by atoms with E-state index in [1.807, 2.05) is 12.1 Å². The summed E-state index contributed by atoms with van der Waals surface area (Å²) in [6.45, 7) is 1.37. The van der Waals surface area contributed by atoms with Gasteiger partial charge in [-0.1, -0.05) is 12.1 Å². The van der Waals surface area contributed by atoms with Crippen molar-refractivity contribution in [1.82, 2.24) is 9.73 Å². The van der Waals surface area contributed by atoms with Gasteiger partial charge >= 0.3 is 0 Å². The van der Waals surface area contributed by atoms with Crippen LogP contribution in [0, 0.1) is 6.92 Å². The van der Waals surface area contributed by atoms with Gasteiger partial charge < -0.3 is 9.47 Å². The summed E-state index contributed by atoms with van der Waals surface area (Å²) >= 11 is 0. The van der Waals surface area contributed by atoms with Crippen molar-refractivity contribution in [3.63, 3.8) is 0 Å². The van der Waals surface area contributed by atoms with Gasteiger partial charge in [0.25, 0.3) is 5.91 Å². The van der Waals surface area contributed by atoms with Gasteiger partial charge in [0.05, 0.1) is 31.9 Å². The Morgan fingerprint density at radius 3 is 2.46 bits per heavy atom. The highest BCUT2D eigenvalue weighted by atomic mass is 32.2. The lowest BCUT2D eigenvalue weighted by Crippen LogP contribution is -2.36. The van der Waals surface area contributed by atoms with Crippen LogP contribution in [0.3, 0.4) is 0 Å². The summed E-state index contributed by atoms with van der Waals surface area (Å²) in [6.07, 6.45) is 1.43. The van der Waals surface area contributed by atoms with Crippen molar-refractivity contribution < 1.29 is 22.7 Å². The fourth-order valence-electron chi connectivity index (χ4n) is 2.46. The Balaban J connectivity index is 2.03. The molecule has 9 heteroatoms. The van der Waals surface area contributed by atoms with Gasteiger partial charge in [-0.15, -0.1) is 0 Å². The average Bonchev–Trinajstić information content (AvgIpc) is 2.68. The SMILES string of the molecule is COc1ccc(S(=O)(=O)N(C)CC(=O)NN=Cc2ccccc2OC)cc1C. The zero-order valence-electron chi connectivity index (χ0n) is 16.2. The third-order valence-corrected chi connectivity index (χ3v) is 5.77. The van der Waals surface area contributed by atoms with Crippen LogP contribution in [0.25, 0.3) is 0 Å². The van der Waals surface area contributed by atoms with Crippen LogP contribution in [0.5, 0.6) is 11.5 Å². The van der Waals surface area contributed by atoms with Gasteiger partial charge in [0.1, 0.15) is 11.5 Å². The number of amides is 1. The Labute approximate surface area is 164 Å². The molecule has 0 atom stereocenters. The predicted octanol–water partition coefficient (Wildman–Crippen LogP) is 1.78. The maximum absolute atomic E-state index is 12.6. The van der Waals surface area contributed by atoms with E-state index in [9.17, 15) is 13.2 Å². The minimum Gasteiger partial charge on any atom is -0.496 e. The first-order valence-corrected chi connectivity index (χ1v) is 9.79. The summed E-state index contributed by atoms with van der Waals surface area (Å²) in [4.78, 5) is 12.1. The fraction of sp³-hybridized carbons (Fsp3) is 0.263. The van der Waals surface area contributed by atoms with Crippen LogP contribution in [0.1, 0.15) is 11.1 Å². The lowest BCUT2D eigenvalue weighted by molar-refractivity contribution is -0.121. The molecule has 0 unspecified atom stereocenters. The molecule has 0 spiro atoms. The monoisotopic (exact) mass is 405 g/mol. The molecule has 0 fully saturated rings. The number of carbonyl (C=O) groups excluding carboxylic acids is 1. The van der Waals surface area contributed by atoms with E-state index in [1.54, 1.807) is 25.1 Å². The number of ether oxygens (including phenoxy) is 2. The molecule has 0 aliphatic rings. The highest BCUT2D eigenvalue weighted by Gasteiger charge is 2.23. The van der Waals surface area contributed by atoms with Crippen LogP contribution < -0.4 is 14.9 Å². The number of hydrogen-bond acceptors (Lipinski definition) is 6. The molecule has 0 heterocycles. The van der Waals surface area contributed by atoms with Gasteiger partial charge in [-0.2, -0.15) is 9.41 Å². The first-order chi connectivity index (χ1) is 13.3. The Bertz CT molecular complexity index is 973. The summed E-state index contributed by atoms with van der Waals surface area (Å²) in [5.41, 5.74) is 3.68. The molecule has 1 amide bonds. The lowest BCUT2D eigenvalue weighted by atomic mass is 10.2. The number of carbonyl (C=O) groups is 1. The molecular formula is C19H23N3O5S. The summed E-state index contributed by atoms with van der Waals surface area (Å²) < 4.78 is 36.6. The van der Waals surface area contributed by atoms with Gasteiger partial charge in [0.15, 0.2) is 0 Å². The number of para-hydroxylation sites is 1. The van der Waals surface area contributed by atoms with E-state index >= 15 is 0 Å². The quantitative estimate of drug-likeness (QED) is 0.533. The normalized spacial score (nSPS) is 11.6. The second kappa shape index (κ2) is 9.34. The fourth-order valence-corrected chi connectivity index (χ4v) is 3.67. The molecule has 0 saturated heterocycles. The first kappa shape index (κ1) is 21.4. The van der Waals surface area contributed by atoms with Crippen LogP contribution >= 0.6 is 0 Å². The van der Waals surface area contributed by atoms with Gasteiger partial charge in [-0.05, 0) is 42.8 Å². The van der Waals surface area contributed by atoms with E-state index in [-0.39, 0.29) is 11.4 Å². The minimum absolute atomic E-state index is 0.0821. The third-order valence-electron chi connectivity index (χ3n) is 3.97. The van der Waals surface area contributed by atoms with Crippen molar-refractivity contribution in [2.75, 3.05) is 27.8 Å². The Morgan fingerprint density at radius 2 is 1.82 bits per heavy atom. The van der Waals surface area contributed by atoms with Crippen molar-refractivity contribution in [2.45, 2.75) is 11.8 Å². The standard InChI is InChI=1S/C19H23N3O5S/c1-14-11-16(9-10-17(14)26-3)28(24,25)22(2)13-19(23)21-20-12-15-7-5-6-8-18(15)27-4/h5-12H,13H2,1-4H3,(H,21,23). The molecule has 150 valence electrons. The zero-order valence-corrected chi connectivity index (χ0v) is 17.0. The van der Waals surface area contributed by atoms with Crippen LogP contribution in [-0.4, -0.2) is 52.7 Å². The van der Waals surface area contributed by atoms with E-state index in [1.165, 1.54) is 39.6 Å². The van der Waals surface area contributed by atoms with Crippen LogP contribution in [0.15, 0.2) is 52.5 Å². The van der Waals surface area contributed by atoms with Crippen molar-refractivity contribution in [2.24, 2.45) is 5.10 Å². The van der Waals surface area contributed by atoms with Crippen molar-refractivity contribution >= 4 is 22.1 Å². The maximum Gasteiger partial charge on any atom is 0.255 e. The minimum atomic E-state index is -3.82. The number of nitrogens with one attached hydrogen (secondary N) is 1. The topological polar surface area (TPSA) is 97.3 Å². The molecule has 8 nitrogen and oxygen atoms in total. The molecule has 2 aromatic rings. The third kappa shape index (κ3) is 5.08. The smallest absolute Gasteiger partial charge is 0.255 e. The van der Waals surface area contributed by atoms with E-state index in [0.29, 0.717) is 22.6 Å². The number of aryl methyl sites for hydroxylation is 1.